The van der Waals surface area contributed by atoms with E-state index in [9.17, 15) is 9.50 Å². The number of hydrogen-bond acceptors (Lipinski definition) is 4. The van der Waals surface area contributed by atoms with Crippen LogP contribution in [0.25, 0.3) is 10.4 Å². The van der Waals surface area contributed by atoms with E-state index in [0.29, 0.717) is 17.9 Å². The fourth-order valence-corrected chi connectivity index (χ4v) is 2.48. The van der Waals surface area contributed by atoms with Crippen molar-refractivity contribution >= 4 is 11.3 Å². The van der Waals surface area contributed by atoms with Gasteiger partial charge in [0, 0.05) is 6.61 Å². The summed E-state index contributed by atoms with van der Waals surface area (Å²) in [5.41, 5.74) is 3.53. The van der Waals surface area contributed by atoms with Crippen molar-refractivity contribution in [3.05, 3.63) is 40.8 Å². The first-order valence-corrected chi connectivity index (χ1v) is 6.51. The first-order valence-electron chi connectivity index (χ1n) is 5.63. The molecule has 0 saturated heterocycles. The Balaban J connectivity index is 2.39. The van der Waals surface area contributed by atoms with Crippen LogP contribution in [-0.4, -0.2) is 16.7 Å². The Morgan fingerprint density at radius 3 is 2.94 bits per heavy atom. The zero-order valence-electron chi connectivity index (χ0n) is 10.2. The predicted molar refractivity (Wildman–Crippen MR) is 68.8 cm³/mol. The van der Waals surface area contributed by atoms with Crippen LogP contribution < -0.4 is 0 Å². The van der Waals surface area contributed by atoms with Gasteiger partial charge in [0.15, 0.2) is 6.29 Å². The quantitative estimate of drug-likeness (QED) is 0.864. The third-order valence-electron chi connectivity index (χ3n) is 2.57. The summed E-state index contributed by atoms with van der Waals surface area (Å²) in [5.74, 6) is -0.241. The van der Waals surface area contributed by atoms with Crippen molar-refractivity contribution in [2.75, 3.05) is 6.61 Å². The largest absolute Gasteiger partial charge is 0.363 e. The molecule has 1 atom stereocenters. The molecule has 1 aromatic carbocycles. The topological polar surface area (TPSA) is 42.4 Å². The highest BCUT2D eigenvalue weighted by Gasteiger charge is 2.17. The van der Waals surface area contributed by atoms with E-state index in [2.05, 4.69) is 4.98 Å². The third kappa shape index (κ3) is 2.58. The number of aryl methyl sites for hydroxylation is 1. The van der Waals surface area contributed by atoms with Crippen LogP contribution in [0.2, 0.25) is 0 Å². The molecule has 2 aromatic rings. The minimum atomic E-state index is -1.04. The second-order valence-corrected chi connectivity index (χ2v) is 4.69. The first kappa shape index (κ1) is 13.1. The minimum Gasteiger partial charge on any atom is -0.363 e. The van der Waals surface area contributed by atoms with E-state index in [-0.39, 0.29) is 5.82 Å². The van der Waals surface area contributed by atoms with Gasteiger partial charge in [0.1, 0.15) is 11.5 Å². The van der Waals surface area contributed by atoms with Crippen LogP contribution in [0.3, 0.4) is 0 Å². The number of ether oxygens (including phenoxy) is 1. The van der Waals surface area contributed by atoms with Crippen molar-refractivity contribution in [2.24, 2.45) is 0 Å². The lowest BCUT2D eigenvalue weighted by Crippen LogP contribution is -2.04. The Labute approximate surface area is 109 Å². The summed E-state index contributed by atoms with van der Waals surface area (Å²) >= 11 is 1.40. The van der Waals surface area contributed by atoms with Gasteiger partial charge in [-0.05, 0) is 37.1 Å². The molecule has 0 spiro atoms. The van der Waals surface area contributed by atoms with Crippen LogP contribution >= 0.6 is 11.3 Å². The van der Waals surface area contributed by atoms with Gasteiger partial charge < -0.3 is 9.84 Å². The average molecular weight is 267 g/mol. The number of thiazole rings is 1. The molecule has 18 heavy (non-hydrogen) atoms. The maximum absolute atomic E-state index is 13.2. The van der Waals surface area contributed by atoms with E-state index in [1.54, 1.807) is 31.5 Å². The Kier molecular flexibility index (Phi) is 4.06. The van der Waals surface area contributed by atoms with Crippen LogP contribution in [0.5, 0.6) is 0 Å². The van der Waals surface area contributed by atoms with Gasteiger partial charge in [-0.3, -0.25) is 0 Å². The van der Waals surface area contributed by atoms with Crippen LogP contribution in [0.15, 0.2) is 23.7 Å². The molecule has 0 fully saturated rings. The molecule has 5 heteroatoms. The summed E-state index contributed by atoms with van der Waals surface area (Å²) < 4.78 is 18.4. The highest BCUT2D eigenvalue weighted by molar-refractivity contribution is 7.13. The number of aromatic nitrogens is 1. The fourth-order valence-electron chi connectivity index (χ4n) is 1.67. The summed E-state index contributed by atoms with van der Waals surface area (Å²) in [5, 5.41) is 9.82. The number of hydrogen-bond donors (Lipinski definition) is 1. The van der Waals surface area contributed by atoms with Gasteiger partial charge in [0.25, 0.3) is 0 Å². The number of aliphatic hydroxyl groups excluding tert-OH is 1. The van der Waals surface area contributed by atoms with E-state index in [0.717, 1.165) is 10.4 Å². The number of rotatable bonds is 4. The molecule has 0 saturated carbocycles. The molecule has 1 heterocycles. The number of halogens is 1. The zero-order valence-corrected chi connectivity index (χ0v) is 11.0. The second-order valence-electron chi connectivity index (χ2n) is 3.84. The normalized spacial score (nSPS) is 12.7. The highest BCUT2D eigenvalue weighted by atomic mass is 32.1. The van der Waals surface area contributed by atoms with Crippen LogP contribution in [-0.2, 0) is 4.74 Å². The summed E-state index contributed by atoms with van der Waals surface area (Å²) in [4.78, 5) is 4.92. The van der Waals surface area contributed by atoms with Gasteiger partial charge in [0.05, 0.1) is 10.4 Å². The highest BCUT2D eigenvalue weighted by Crippen LogP contribution is 2.32. The smallest absolute Gasteiger partial charge is 0.200 e. The minimum absolute atomic E-state index is 0.241. The molecular formula is C13H14FNO2S. The molecule has 0 radical (unpaired) electrons. The van der Waals surface area contributed by atoms with Gasteiger partial charge in [-0.1, -0.05) is 6.07 Å². The van der Waals surface area contributed by atoms with Crippen molar-refractivity contribution in [3.8, 4) is 10.4 Å². The van der Waals surface area contributed by atoms with E-state index in [1.807, 2.05) is 0 Å². The molecule has 0 bridgehead atoms. The number of nitrogens with zero attached hydrogens (tertiary/aromatic N) is 1. The SMILES string of the molecule is CCOC(O)c1ncsc1-c1ccc(F)c(C)c1. The lowest BCUT2D eigenvalue weighted by atomic mass is 10.1. The number of benzene rings is 1. The van der Waals surface area contributed by atoms with Crippen LogP contribution in [0.1, 0.15) is 24.5 Å². The van der Waals surface area contributed by atoms with E-state index < -0.39 is 6.29 Å². The molecule has 96 valence electrons. The van der Waals surface area contributed by atoms with Gasteiger partial charge in [-0.2, -0.15) is 0 Å². The fraction of sp³-hybridized carbons (Fsp3) is 0.308. The Morgan fingerprint density at radius 1 is 1.50 bits per heavy atom. The summed E-state index contributed by atoms with van der Waals surface area (Å²) in [7, 11) is 0. The summed E-state index contributed by atoms with van der Waals surface area (Å²) in [6, 6.07) is 4.84. The standard InChI is InChI=1S/C13H14FNO2S/c1-3-17-13(16)11-12(18-7-15-11)9-4-5-10(14)8(2)6-9/h4-7,13,16H,3H2,1-2H3. The molecular weight excluding hydrogens is 253 g/mol. The zero-order chi connectivity index (χ0) is 13.1. The predicted octanol–water partition coefficient (Wildman–Crippen LogP) is 3.29. The Hall–Kier alpha value is -1.30. The van der Waals surface area contributed by atoms with Crippen LogP contribution in [0, 0.1) is 12.7 Å². The summed E-state index contributed by atoms with van der Waals surface area (Å²) in [6.45, 7) is 3.91. The maximum atomic E-state index is 13.2. The molecule has 3 nitrogen and oxygen atoms in total. The Bertz CT molecular complexity index is 542. The maximum Gasteiger partial charge on any atom is 0.200 e. The number of aliphatic hydroxyl groups is 1. The van der Waals surface area contributed by atoms with Gasteiger partial charge in [-0.25, -0.2) is 9.37 Å². The molecule has 0 aliphatic carbocycles. The third-order valence-corrected chi connectivity index (χ3v) is 3.46. The Morgan fingerprint density at radius 2 is 2.28 bits per heavy atom. The molecule has 1 N–H and O–H groups in total. The van der Waals surface area contributed by atoms with Crippen molar-refractivity contribution in [1.29, 1.82) is 0 Å². The van der Waals surface area contributed by atoms with Crippen molar-refractivity contribution in [1.82, 2.24) is 4.98 Å². The molecule has 1 aromatic heterocycles. The van der Waals surface area contributed by atoms with Crippen LogP contribution in [0.4, 0.5) is 4.39 Å². The van der Waals surface area contributed by atoms with Gasteiger partial charge in [0.2, 0.25) is 0 Å². The molecule has 0 amide bonds. The molecule has 0 aliphatic rings. The van der Waals surface area contributed by atoms with Gasteiger partial charge in [-0.15, -0.1) is 11.3 Å². The van der Waals surface area contributed by atoms with Gasteiger partial charge >= 0.3 is 0 Å². The molecule has 2 rings (SSSR count). The lowest BCUT2D eigenvalue weighted by molar-refractivity contribution is -0.0999. The second kappa shape index (κ2) is 5.56. The molecule has 0 aliphatic heterocycles. The average Bonchev–Trinajstić information content (AvgIpc) is 2.82. The first-order chi connectivity index (χ1) is 8.63. The van der Waals surface area contributed by atoms with Crippen molar-refractivity contribution < 1.29 is 14.2 Å². The van der Waals surface area contributed by atoms with E-state index >= 15 is 0 Å². The van der Waals surface area contributed by atoms with Crippen molar-refractivity contribution in [2.45, 2.75) is 20.1 Å². The van der Waals surface area contributed by atoms with E-state index in [1.165, 1.54) is 17.4 Å². The summed E-state index contributed by atoms with van der Waals surface area (Å²) in [6.07, 6.45) is -1.04. The van der Waals surface area contributed by atoms with E-state index in [4.69, 9.17) is 4.74 Å². The molecule has 1 unspecified atom stereocenters. The monoisotopic (exact) mass is 267 g/mol. The lowest BCUT2D eigenvalue weighted by Gasteiger charge is -2.10. The van der Waals surface area contributed by atoms with Crippen molar-refractivity contribution in [3.63, 3.8) is 0 Å².